The van der Waals surface area contributed by atoms with Crippen molar-refractivity contribution in [2.24, 2.45) is 0 Å². The Balaban J connectivity index is 2.24. The lowest BCUT2D eigenvalue weighted by Crippen LogP contribution is -2.01. The van der Waals surface area contributed by atoms with Crippen LogP contribution < -0.4 is 0 Å². The van der Waals surface area contributed by atoms with Crippen LogP contribution >= 0.6 is 11.3 Å². The zero-order valence-corrected chi connectivity index (χ0v) is 10.3. The van der Waals surface area contributed by atoms with Crippen LogP contribution in [0.3, 0.4) is 0 Å². The maximum Gasteiger partial charge on any atom is 0.0907 e. The zero-order chi connectivity index (χ0) is 11.5. The average molecular weight is 237 g/mol. The number of aliphatic hydroxyl groups excluding tert-OH is 1. The molecule has 16 heavy (non-hydrogen) atoms. The molecule has 0 radical (unpaired) electrons. The van der Waals surface area contributed by atoms with Crippen LogP contribution in [0, 0.1) is 6.92 Å². The lowest BCUT2D eigenvalue weighted by molar-refractivity contribution is 0.110. The van der Waals surface area contributed by atoms with Crippen LogP contribution in [0.4, 0.5) is 0 Å². The molecule has 0 amide bonds. The van der Waals surface area contributed by atoms with Crippen molar-refractivity contribution < 1.29 is 9.84 Å². The van der Waals surface area contributed by atoms with Crippen LogP contribution in [-0.4, -0.2) is 23.8 Å². The van der Waals surface area contributed by atoms with Crippen molar-refractivity contribution in [3.63, 3.8) is 0 Å². The van der Waals surface area contributed by atoms with Gasteiger partial charge in [0.25, 0.3) is 0 Å². The van der Waals surface area contributed by atoms with E-state index in [0.29, 0.717) is 13.0 Å². The van der Waals surface area contributed by atoms with Crippen molar-refractivity contribution in [2.75, 3.05) is 13.7 Å². The molecule has 2 aromatic rings. The van der Waals surface area contributed by atoms with Gasteiger partial charge >= 0.3 is 0 Å². The van der Waals surface area contributed by atoms with Crippen molar-refractivity contribution in [3.05, 3.63) is 28.8 Å². The van der Waals surface area contributed by atoms with Gasteiger partial charge in [0, 0.05) is 20.1 Å². The van der Waals surface area contributed by atoms with Gasteiger partial charge in [-0.05, 0) is 24.6 Å². The molecule has 1 aromatic carbocycles. The largest absolute Gasteiger partial charge is 0.388 e. The highest BCUT2D eigenvalue weighted by Crippen LogP contribution is 2.26. The fraction of sp³-hybridized carbons (Fsp3) is 0.417. The molecule has 3 nitrogen and oxygen atoms in total. The van der Waals surface area contributed by atoms with Crippen molar-refractivity contribution in [3.8, 4) is 0 Å². The minimum absolute atomic E-state index is 0.452. The molecule has 0 spiro atoms. The number of aliphatic hydroxyl groups is 1. The highest BCUT2D eigenvalue weighted by Gasteiger charge is 2.09. The molecule has 86 valence electrons. The van der Waals surface area contributed by atoms with E-state index in [-0.39, 0.29) is 0 Å². The third kappa shape index (κ3) is 2.40. The van der Waals surface area contributed by atoms with Gasteiger partial charge in [-0.25, -0.2) is 4.98 Å². The fourth-order valence-electron chi connectivity index (χ4n) is 1.66. The summed E-state index contributed by atoms with van der Waals surface area (Å²) in [5.41, 5.74) is 1.94. The molecule has 0 aliphatic heterocycles. The smallest absolute Gasteiger partial charge is 0.0907 e. The Morgan fingerprint density at radius 2 is 2.31 bits per heavy atom. The highest BCUT2D eigenvalue weighted by molar-refractivity contribution is 7.18. The molecular formula is C12H15NO2S. The number of methoxy groups -OCH3 is 1. The topological polar surface area (TPSA) is 42.4 Å². The molecule has 0 saturated heterocycles. The fourth-order valence-corrected chi connectivity index (χ4v) is 2.54. The van der Waals surface area contributed by atoms with Gasteiger partial charge in [0.1, 0.15) is 0 Å². The number of fused-ring (bicyclic) bond motifs is 1. The van der Waals surface area contributed by atoms with E-state index in [4.69, 9.17) is 4.74 Å². The van der Waals surface area contributed by atoms with E-state index in [2.05, 4.69) is 4.98 Å². The van der Waals surface area contributed by atoms with Crippen molar-refractivity contribution >= 4 is 21.6 Å². The molecule has 1 unspecified atom stereocenters. The number of aryl methyl sites for hydroxylation is 1. The summed E-state index contributed by atoms with van der Waals surface area (Å²) in [4.78, 5) is 4.39. The Hall–Kier alpha value is -0.970. The predicted octanol–water partition coefficient (Wildman–Crippen LogP) is 2.67. The van der Waals surface area contributed by atoms with Gasteiger partial charge in [-0.1, -0.05) is 6.07 Å². The number of thiazole rings is 1. The van der Waals surface area contributed by atoms with Crippen molar-refractivity contribution in [1.29, 1.82) is 0 Å². The second-order valence-corrected chi connectivity index (χ2v) is 4.99. The quantitative estimate of drug-likeness (QED) is 0.889. The Morgan fingerprint density at radius 3 is 3.06 bits per heavy atom. The second-order valence-electron chi connectivity index (χ2n) is 3.76. The second kappa shape index (κ2) is 4.91. The van der Waals surface area contributed by atoms with Crippen LogP contribution in [0.1, 0.15) is 23.1 Å². The van der Waals surface area contributed by atoms with E-state index in [1.54, 1.807) is 18.4 Å². The minimum atomic E-state index is -0.452. The Labute approximate surface area is 98.7 Å². The lowest BCUT2D eigenvalue weighted by atomic mass is 10.1. The highest BCUT2D eigenvalue weighted by atomic mass is 32.1. The Morgan fingerprint density at radius 1 is 1.50 bits per heavy atom. The van der Waals surface area contributed by atoms with Crippen LogP contribution in [0.2, 0.25) is 0 Å². The number of rotatable bonds is 4. The number of hydrogen-bond donors (Lipinski definition) is 1. The van der Waals surface area contributed by atoms with E-state index in [9.17, 15) is 5.11 Å². The molecular weight excluding hydrogens is 222 g/mol. The first-order chi connectivity index (χ1) is 7.70. The first-order valence-electron chi connectivity index (χ1n) is 5.25. The van der Waals surface area contributed by atoms with E-state index in [1.165, 1.54) is 0 Å². The van der Waals surface area contributed by atoms with Gasteiger partial charge in [-0.2, -0.15) is 0 Å². The van der Waals surface area contributed by atoms with E-state index in [1.807, 2.05) is 25.1 Å². The summed E-state index contributed by atoms with van der Waals surface area (Å²) in [7, 11) is 1.64. The van der Waals surface area contributed by atoms with Gasteiger partial charge in [-0.3, -0.25) is 0 Å². The molecule has 0 fully saturated rings. The zero-order valence-electron chi connectivity index (χ0n) is 9.43. The summed E-state index contributed by atoms with van der Waals surface area (Å²) in [6.45, 7) is 2.56. The molecule has 1 heterocycles. The van der Waals surface area contributed by atoms with Crippen molar-refractivity contribution in [2.45, 2.75) is 19.4 Å². The summed E-state index contributed by atoms with van der Waals surface area (Å²) >= 11 is 1.65. The summed E-state index contributed by atoms with van der Waals surface area (Å²) in [5.74, 6) is 0. The molecule has 4 heteroatoms. The van der Waals surface area contributed by atoms with Gasteiger partial charge in [-0.15, -0.1) is 11.3 Å². The Kier molecular flexibility index (Phi) is 3.53. The standard InChI is InChI=1S/C12H15NO2S/c1-8-13-10-4-3-9(7-12(10)16-8)11(14)5-6-15-2/h3-4,7,11,14H,5-6H2,1-2H3. The van der Waals surface area contributed by atoms with Gasteiger partial charge in [0.15, 0.2) is 0 Å². The maximum atomic E-state index is 9.92. The number of ether oxygens (including phenoxy) is 1. The van der Waals surface area contributed by atoms with E-state index < -0.39 is 6.10 Å². The van der Waals surface area contributed by atoms with Crippen LogP contribution in [-0.2, 0) is 4.74 Å². The molecule has 0 aliphatic carbocycles. The molecule has 2 rings (SSSR count). The van der Waals surface area contributed by atoms with Crippen molar-refractivity contribution in [1.82, 2.24) is 4.98 Å². The minimum Gasteiger partial charge on any atom is -0.388 e. The molecule has 1 N–H and O–H groups in total. The summed E-state index contributed by atoms with van der Waals surface area (Å²) in [6, 6.07) is 5.91. The molecule has 1 aromatic heterocycles. The number of benzene rings is 1. The number of hydrogen-bond acceptors (Lipinski definition) is 4. The van der Waals surface area contributed by atoms with Gasteiger partial charge in [0.2, 0.25) is 0 Å². The van der Waals surface area contributed by atoms with E-state index in [0.717, 1.165) is 20.8 Å². The third-order valence-electron chi connectivity index (χ3n) is 2.50. The SMILES string of the molecule is COCCC(O)c1ccc2nc(C)sc2c1. The first kappa shape index (κ1) is 11.5. The van der Waals surface area contributed by atoms with Crippen LogP contribution in [0.5, 0.6) is 0 Å². The summed E-state index contributed by atoms with van der Waals surface area (Å²) < 4.78 is 6.09. The van der Waals surface area contributed by atoms with Gasteiger partial charge < -0.3 is 9.84 Å². The average Bonchev–Trinajstić information content (AvgIpc) is 2.64. The third-order valence-corrected chi connectivity index (χ3v) is 3.43. The normalized spacial score (nSPS) is 13.2. The predicted molar refractivity (Wildman–Crippen MR) is 65.8 cm³/mol. The first-order valence-corrected chi connectivity index (χ1v) is 6.06. The lowest BCUT2D eigenvalue weighted by Gasteiger charge is -2.09. The summed E-state index contributed by atoms with van der Waals surface area (Å²) in [6.07, 6.45) is 0.173. The Bertz CT molecular complexity index is 481. The van der Waals surface area contributed by atoms with Gasteiger partial charge in [0.05, 0.1) is 21.3 Å². The molecule has 0 aliphatic rings. The summed E-state index contributed by atoms with van der Waals surface area (Å²) in [5, 5.41) is 11.0. The van der Waals surface area contributed by atoms with Crippen LogP contribution in [0.25, 0.3) is 10.2 Å². The van der Waals surface area contributed by atoms with Crippen LogP contribution in [0.15, 0.2) is 18.2 Å². The maximum absolute atomic E-state index is 9.92. The number of nitrogens with zero attached hydrogens (tertiary/aromatic N) is 1. The molecule has 1 atom stereocenters. The molecule has 0 saturated carbocycles. The number of aromatic nitrogens is 1. The monoisotopic (exact) mass is 237 g/mol. The molecule has 0 bridgehead atoms. The van der Waals surface area contributed by atoms with E-state index >= 15 is 0 Å².